The van der Waals surface area contributed by atoms with Crippen molar-refractivity contribution in [2.45, 2.75) is 26.8 Å². The third-order valence-corrected chi connectivity index (χ3v) is 3.05. The van der Waals surface area contributed by atoms with Gasteiger partial charge < -0.3 is 5.32 Å². The van der Waals surface area contributed by atoms with Gasteiger partial charge in [-0.2, -0.15) is 16.9 Å². The number of aryl methyl sites for hydroxylation is 1. The largest absolute Gasteiger partial charge is 0.323 e. The third-order valence-electron chi connectivity index (χ3n) is 2.22. The van der Waals surface area contributed by atoms with Crippen molar-refractivity contribution in [3.63, 3.8) is 0 Å². The number of hydrogen-bond donors (Lipinski definition) is 1. The van der Waals surface area contributed by atoms with Gasteiger partial charge in [0.15, 0.2) is 0 Å². The lowest BCUT2D eigenvalue weighted by molar-refractivity contribution is -0.118. The van der Waals surface area contributed by atoms with E-state index in [1.165, 1.54) is 0 Å². The van der Waals surface area contributed by atoms with Crippen molar-refractivity contribution in [1.82, 2.24) is 9.78 Å². The number of carbonyl (C=O) groups excluding carboxylic acids is 1. The standard InChI is InChI=1S/C11H19N3OS/c1-4-5-14-7-10(6-12-14)13-11(15)9(2)8-16-3/h6-7,9H,4-5,8H2,1-3H3,(H,13,15)/t9-/m1/s1. The molecule has 1 aromatic rings. The van der Waals surface area contributed by atoms with Gasteiger partial charge in [0, 0.05) is 24.4 Å². The SMILES string of the molecule is CCCn1cc(NC(=O)[C@H](C)CSC)cn1. The Kier molecular flexibility index (Phi) is 5.38. The molecular weight excluding hydrogens is 222 g/mol. The minimum atomic E-state index is 0.0320. The lowest BCUT2D eigenvalue weighted by atomic mass is 10.2. The van der Waals surface area contributed by atoms with Gasteiger partial charge in [-0.1, -0.05) is 13.8 Å². The van der Waals surface area contributed by atoms with Crippen LogP contribution in [0.1, 0.15) is 20.3 Å². The molecule has 1 N–H and O–H groups in total. The van der Waals surface area contributed by atoms with Gasteiger partial charge in [-0.05, 0) is 12.7 Å². The van der Waals surface area contributed by atoms with Crippen molar-refractivity contribution in [1.29, 1.82) is 0 Å². The van der Waals surface area contributed by atoms with Gasteiger partial charge in [0.1, 0.15) is 0 Å². The molecule has 0 saturated carbocycles. The highest BCUT2D eigenvalue weighted by Crippen LogP contribution is 2.10. The van der Waals surface area contributed by atoms with E-state index in [-0.39, 0.29) is 11.8 Å². The van der Waals surface area contributed by atoms with Gasteiger partial charge in [-0.15, -0.1) is 0 Å². The fourth-order valence-corrected chi connectivity index (χ4v) is 2.02. The monoisotopic (exact) mass is 241 g/mol. The first-order valence-electron chi connectivity index (χ1n) is 5.49. The molecule has 1 aromatic heterocycles. The zero-order chi connectivity index (χ0) is 12.0. The quantitative estimate of drug-likeness (QED) is 0.830. The molecule has 0 spiro atoms. The first kappa shape index (κ1) is 13.1. The van der Waals surface area contributed by atoms with Crippen LogP contribution in [0.15, 0.2) is 12.4 Å². The number of thioether (sulfide) groups is 1. The summed E-state index contributed by atoms with van der Waals surface area (Å²) in [6.45, 7) is 4.92. The van der Waals surface area contributed by atoms with Gasteiger partial charge in [0.25, 0.3) is 0 Å². The smallest absolute Gasteiger partial charge is 0.228 e. The number of nitrogens with zero attached hydrogens (tertiary/aromatic N) is 2. The van der Waals surface area contributed by atoms with Gasteiger partial charge in [0.05, 0.1) is 11.9 Å². The lowest BCUT2D eigenvalue weighted by Crippen LogP contribution is -2.21. The van der Waals surface area contributed by atoms with E-state index in [1.54, 1.807) is 18.0 Å². The first-order valence-corrected chi connectivity index (χ1v) is 6.89. The molecule has 0 aliphatic heterocycles. The minimum absolute atomic E-state index is 0.0320. The minimum Gasteiger partial charge on any atom is -0.323 e. The van der Waals surface area contributed by atoms with E-state index in [2.05, 4.69) is 17.3 Å². The molecule has 1 heterocycles. The van der Waals surface area contributed by atoms with Crippen LogP contribution >= 0.6 is 11.8 Å². The molecule has 0 aliphatic carbocycles. The average molecular weight is 241 g/mol. The van der Waals surface area contributed by atoms with Gasteiger partial charge in [-0.3, -0.25) is 9.48 Å². The topological polar surface area (TPSA) is 46.9 Å². The predicted octanol–water partition coefficient (Wildman–Crippen LogP) is 2.23. The molecule has 0 radical (unpaired) electrons. The zero-order valence-electron chi connectivity index (χ0n) is 10.1. The number of nitrogens with one attached hydrogen (secondary N) is 1. The van der Waals surface area contributed by atoms with Gasteiger partial charge in [-0.25, -0.2) is 0 Å². The Bertz CT molecular complexity index is 338. The summed E-state index contributed by atoms with van der Waals surface area (Å²) < 4.78 is 1.84. The Labute approximate surface area is 101 Å². The van der Waals surface area contributed by atoms with Crippen LogP contribution in [0.25, 0.3) is 0 Å². The second kappa shape index (κ2) is 6.58. The average Bonchev–Trinajstić information content (AvgIpc) is 2.66. The summed E-state index contributed by atoms with van der Waals surface area (Å²) in [5.41, 5.74) is 0.784. The van der Waals surface area contributed by atoms with E-state index >= 15 is 0 Å². The maximum Gasteiger partial charge on any atom is 0.228 e. The molecule has 16 heavy (non-hydrogen) atoms. The van der Waals surface area contributed by atoms with Crippen molar-refractivity contribution in [2.75, 3.05) is 17.3 Å². The Morgan fingerprint density at radius 2 is 2.44 bits per heavy atom. The first-order chi connectivity index (χ1) is 7.67. The summed E-state index contributed by atoms with van der Waals surface area (Å²) in [6, 6.07) is 0. The zero-order valence-corrected chi connectivity index (χ0v) is 10.9. The number of hydrogen-bond acceptors (Lipinski definition) is 3. The summed E-state index contributed by atoms with van der Waals surface area (Å²) in [5, 5.41) is 7.03. The summed E-state index contributed by atoms with van der Waals surface area (Å²) in [7, 11) is 0. The molecule has 1 rings (SSSR count). The van der Waals surface area contributed by atoms with Crippen LogP contribution in [-0.2, 0) is 11.3 Å². The van der Waals surface area contributed by atoms with Crippen molar-refractivity contribution in [3.05, 3.63) is 12.4 Å². The molecule has 0 unspecified atom stereocenters. The van der Waals surface area contributed by atoms with Crippen molar-refractivity contribution in [3.8, 4) is 0 Å². The molecular formula is C11H19N3OS. The van der Waals surface area contributed by atoms with Crippen LogP contribution < -0.4 is 5.32 Å². The van der Waals surface area contributed by atoms with Crippen LogP contribution in [0.3, 0.4) is 0 Å². The van der Waals surface area contributed by atoms with Crippen molar-refractivity contribution < 1.29 is 4.79 Å². The highest BCUT2D eigenvalue weighted by atomic mass is 32.2. The second-order valence-corrected chi connectivity index (χ2v) is 4.75. The van der Waals surface area contributed by atoms with E-state index in [4.69, 9.17) is 0 Å². The summed E-state index contributed by atoms with van der Waals surface area (Å²) in [5.74, 6) is 0.935. The predicted molar refractivity (Wildman–Crippen MR) is 68.7 cm³/mol. The summed E-state index contributed by atoms with van der Waals surface area (Å²) in [4.78, 5) is 11.7. The highest BCUT2D eigenvalue weighted by molar-refractivity contribution is 7.98. The van der Waals surface area contributed by atoms with Crippen LogP contribution in [0.2, 0.25) is 0 Å². The fourth-order valence-electron chi connectivity index (χ4n) is 1.37. The molecule has 0 aromatic carbocycles. The van der Waals surface area contributed by atoms with E-state index in [0.29, 0.717) is 0 Å². The maximum atomic E-state index is 11.7. The highest BCUT2D eigenvalue weighted by Gasteiger charge is 2.12. The number of carbonyl (C=O) groups is 1. The number of amides is 1. The van der Waals surface area contributed by atoms with Crippen LogP contribution in [-0.4, -0.2) is 27.7 Å². The molecule has 0 bridgehead atoms. The number of rotatable bonds is 6. The molecule has 90 valence electrons. The molecule has 0 aliphatic rings. The van der Waals surface area contributed by atoms with E-state index < -0.39 is 0 Å². The van der Waals surface area contributed by atoms with Crippen LogP contribution in [0, 0.1) is 5.92 Å². The molecule has 0 fully saturated rings. The molecule has 4 nitrogen and oxygen atoms in total. The summed E-state index contributed by atoms with van der Waals surface area (Å²) in [6.07, 6.45) is 6.60. The van der Waals surface area contributed by atoms with E-state index in [0.717, 1.165) is 24.4 Å². The van der Waals surface area contributed by atoms with Gasteiger partial charge in [0.2, 0.25) is 5.91 Å². The normalized spacial score (nSPS) is 12.4. The molecule has 1 atom stereocenters. The van der Waals surface area contributed by atoms with Crippen LogP contribution in [0.5, 0.6) is 0 Å². The second-order valence-electron chi connectivity index (χ2n) is 3.84. The number of aromatic nitrogens is 2. The lowest BCUT2D eigenvalue weighted by Gasteiger charge is -2.08. The Hall–Kier alpha value is -0.970. The van der Waals surface area contributed by atoms with Gasteiger partial charge >= 0.3 is 0 Å². The number of anilines is 1. The summed E-state index contributed by atoms with van der Waals surface area (Å²) >= 11 is 1.68. The third kappa shape index (κ3) is 3.89. The molecule has 1 amide bonds. The van der Waals surface area contributed by atoms with E-state index in [1.807, 2.05) is 24.1 Å². The van der Waals surface area contributed by atoms with Crippen LogP contribution in [0.4, 0.5) is 5.69 Å². The fraction of sp³-hybridized carbons (Fsp3) is 0.636. The molecule has 0 saturated heterocycles. The molecule has 5 heteroatoms. The Balaban J connectivity index is 2.49. The Morgan fingerprint density at radius 1 is 1.69 bits per heavy atom. The Morgan fingerprint density at radius 3 is 3.06 bits per heavy atom. The van der Waals surface area contributed by atoms with Crippen molar-refractivity contribution >= 4 is 23.4 Å². The maximum absolute atomic E-state index is 11.7. The van der Waals surface area contributed by atoms with Crippen molar-refractivity contribution in [2.24, 2.45) is 5.92 Å². The van der Waals surface area contributed by atoms with E-state index in [9.17, 15) is 4.79 Å².